The first-order valence-corrected chi connectivity index (χ1v) is 15.9. The first-order chi connectivity index (χ1) is 22.5. The van der Waals surface area contributed by atoms with Crippen molar-refractivity contribution < 1.29 is 61.0 Å². The maximum atomic E-state index is 13.2. The summed E-state index contributed by atoms with van der Waals surface area (Å²) >= 11 is 0. The third kappa shape index (κ3) is 16.9. The van der Waals surface area contributed by atoms with Gasteiger partial charge >= 0.3 is 12.1 Å². The summed E-state index contributed by atoms with van der Waals surface area (Å²) in [6, 6.07) is 4.64. The fourth-order valence-electron chi connectivity index (χ4n) is 4.94. The Morgan fingerprint density at radius 3 is 2.45 bits per heavy atom. The molecule has 1 fully saturated rings. The molecule has 1 saturated carbocycles. The number of halogens is 3. The minimum absolute atomic E-state index is 0.0199. The molecule has 47 heavy (non-hydrogen) atoms. The number of carbonyl (C=O) groups is 1. The van der Waals surface area contributed by atoms with Crippen LogP contribution in [0.25, 0.3) is 0 Å². The van der Waals surface area contributed by atoms with Gasteiger partial charge < -0.3 is 43.0 Å². The number of aliphatic hydroxyl groups excluding tert-OH is 1. The van der Waals surface area contributed by atoms with Crippen LogP contribution in [-0.4, -0.2) is 96.3 Å². The Morgan fingerprint density at radius 2 is 1.77 bits per heavy atom. The molecule has 1 aromatic rings. The van der Waals surface area contributed by atoms with Gasteiger partial charge in [0.15, 0.2) is 0 Å². The van der Waals surface area contributed by atoms with Crippen LogP contribution in [-0.2, 0) is 44.1 Å². The molecule has 1 aliphatic rings. The summed E-state index contributed by atoms with van der Waals surface area (Å²) in [5, 5.41) is 11.0. The summed E-state index contributed by atoms with van der Waals surface area (Å²) in [4.78, 5) is 11.8. The zero-order chi connectivity index (χ0) is 34.5. The van der Waals surface area contributed by atoms with Crippen LogP contribution in [0, 0.1) is 11.8 Å². The van der Waals surface area contributed by atoms with Gasteiger partial charge in [0.2, 0.25) is 0 Å². The van der Waals surface area contributed by atoms with Crippen molar-refractivity contribution in [3.63, 3.8) is 0 Å². The third-order valence-electron chi connectivity index (χ3n) is 7.30. The lowest BCUT2D eigenvalue weighted by molar-refractivity contribution is -0.147. The highest BCUT2D eigenvalue weighted by Gasteiger charge is 2.41. The minimum atomic E-state index is -4.50. The number of hydrogen-bond donors (Lipinski definition) is 1. The number of allylic oxidation sites excluding steroid dienone is 2. The maximum Gasteiger partial charge on any atom is 0.416 e. The van der Waals surface area contributed by atoms with Crippen LogP contribution in [0.2, 0.25) is 0 Å². The lowest BCUT2D eigenvalue weighted by Crippen LogP contribution is -2.25. The Morgan fingerprint density at radius 1 is 1.04 bits per heavy atom. The topological polar surface area (TPSA) is 111 Å². The molecule has 13 heteroatoms. The van der Waals surface area contributed by atoms with E-state index in [-0.39, 0.29) is 56.0 Å². The Bertz CT molecular complexity index is 1050. The third-order valence-corrected chi connectivity index (χ3v) is 7.30. The van der Waals surface area contributed by atoms with Gasteiger partial charge in [0.1, 0.15) is 32.0 Å². The van der Waals surface area contributed by atoms with E-state index >= 15 is 0 Å². The number of alkyl halides is 3. The fraction of sp³-hybridized carbons (Fsp3) is 0.676. The zero-order valence-corrected chi connectivity index (χ0v) is 27.8. The number of esters is 1. The Hall–Kier alpha value is -2.52. The van der Waals surface area contributed by atoms with Gasteiger partial charge in [-0.05, 0) is 57.2 Å². The van der Waals surface area contributed by atoms with E-state index in [0.29, 0.717) is 58.5 Å². The average Bonchev–Trinajstić information content (AvgIpc) is 3.32. The summed E-state index contributed by atoms with van der Waals surface area (Å²) < 4.78 is 83.3. The van der Waals surface area contributed by atoms with Gasteiger partial charge in [0.05, 0.1) is 50.3 Å². The number of rotatable bonds is 24. The van der Waals surface area contributed by atoms with Crippen molar-refractivity contribution in [1.82, 2.24) is 0 Å². The maximum absolute atomic E-state index is 13.2. The summed E-state index contributed by atoms with van der Waals surface area (Å²) in [7, 11) is 3.12. The highest BCUT2D eigenvalue weighted by Crippen LogP contribution is 2.38. The molecule has 0 amide bonds. The fourth-order valence-corrected chi connectivity index (χ4v) is 4.94. The number of ether oxygens (including phenoxy) is 8. The number of unbranched alkanes of at least 4 members (excludes halogenated alkanes) is 1. The molecule has 0 unspecified atom stereocenters. The van der Waals surface area contributed by atoms with Crippen molar-refractivity contribution in [2.24, 2.45) is 11.8 Å². The van der Waals surface area contributed by atoms with Gasteiger partial charge in [-0.3, -0.25) is 4.79 Å². The largest absolute Gasteiger partial charge is 0.491 e. The molecule has 0 radical (unpaired) electrons. The molecule has 1 aromatic carbocycles. The second-order valence-electron chi connectivity index (χ2n) is 11.4. The molecule has 5 atom stereocenters. The summed E-state index contributed by atoms with van der Waals surface area (Å²) in [5.41, 5.74) is -0.815. The predicted octanol–water partition coefficient (Wildman–Crippen LogP) is 5.72. The van der Waals surface area contributed by atoms with Gasteiger partial charge in [0, 0.05) is 33.0 Å². The molecule has 0 heterocycles. The van der Waals surface area contributed by atoms with E-state index in [2.05, 4.69) is 0 Å². The van der Waals surface area contributed by atoms with E-state index in [0.717, 1.165) is 12.1 Å². The summed E-state index contributed by atoms with van der Waals surface area (Å²) in [6.07, 6.45) is 3.90. The van der Waals surface area contributed by atoms with Crippen LogP contribution < -0.4 is 4.74 Å². The Labute approximate surface area is 276 Å². The van der Waals surface area contributed by atoms with Crippen LogP contribution in [0.5, 0.6) is 5.75 Å². The van der Waals surface area contributed by atoms with Crippen LogP contribution in [0.15, 0.2) is 48.6 Å². The highest BCUT2D eigenvalue weighted by molar-refractivity contribution is 5.69. The lowest BCUT2D eigenvalue weighted by atomic mass is 9.89. The van der Waals surface area contributed by atoms with E-state index in [1.165, 1.54) is 12.1 Å². The van der Waals surface area contributed by atoms with E-state index < -0.39 is 23.9 Å². The SMILES string of the molecule is COCCOCO[C@H](C=C[C@H]1[C@@H](CC=CCCCC(=O)OC(C)C)[C@H](O)C[C@H]1OCOCCOC)COc1cccc(C(F)(F)F)c1. The van der Waals surface area contributed by atoms with E-state index in [1.54, 1.807) is 20.3 Å². The molecule has 0 bridgehead atoms. The van der Waals surface area contributed by atoms with Crippen molar-refractivity contribution in [2.45, 2.75) is 76.5 Å². The van der Waals surface area contributed by atoms with Crippen LogP contribution >= 0.6 is 0 Å². The van der Waals surface area contributed by atoms with E-state index in [1.807, 2.05) is 32.1 Å². The predicted molar refractivity (Wildman–Crippen MR) is 168 cm³/mol. The van der Waals surface area contributed by atoms with E-state index in [4.69, 9.17) is 37.9 Å². The van der Waals surface area contributed by atoms with Crippen LogP contribution in [0.1, 0.15) is 51.5 Å². The van der Waals surface area contributed by atoms with Crippen molar-refractivity contribution in [2.75, 3.05) is 60.8 Å². The average molecular weight is 677 g/mol. The molecular weight excluding hydrogens is 625 g/mol. The summed E-state index contributed by atoms with van der Waals surface area (Å²) in [5.74, 6) is -0.611. The van der Waals surface area contributed by atoms with E-state index in [9.17, 15) is 23.1 Å². The quantitative estimate of drug-likeness (QED) is 0.0632. The van der Waals surface area contributed by atoms with Crippen molar-refractivity contribution in [3.05, 3.63) is 54.1 Å². The first kappa shape index (κ1) is 40.7. The van der Waals surface area contributed by atoms with Crippen LogP contribution in [0.4, 0.5) is 13.2 Å². The van der Waals surface area contributed by atoms with Crippen molar-refractivity contribution in [3.8, 4) is 5.75 Å². The molecular formula is C34H51F3O10. The Kier molecular flexibility index (Phi) is 19.8. The van der Waals surface area contributed by atoms with Gasteiger partial charge in [-0.25, -0.2) is 0 Å². The molecule has 0 aliphatic heterocycles. The molecule has 1 aliphatic carbocycles. The second kappa shape index (κ2) is 22.9. The lowest BCUT2D eigenvalue weighted by Gasteiger charge is -2.23. The molecule has 10 nitrogen and oxygen atoms in total. The Balaban J connectivity index is 2.13. The van der Waals surface area contributed by atoms with Gasteiger partial charge in [0.25, 0.3) is 0 Å². The standard InChI is InChI=1S/C34H51F3O10/c1-25(2)47-33(39)13-8-6-5-7-12-29-30(32(21-31(29)38)46-24-43-19-17-41-4)15-14-28(45-23-42-18-16-40-3)22-44-27-11-9-10-26(20-27)34(35,36)37/h5,7,9-11,14-15,20,25,28-32,38H,6,8,12-13,16-19,21-24H2,1-4H3/t28-,29-,30+,31-,32-/m1/s1. The number of carbonyl (C=O) groups excluding carboxylic acids is 1. The minimum Gasteiger partial charge on any atom is -0.491 e. The van der Waals surface area contributed by atoms with Crippen molar-refractivity contribution in [1.29, 1.82) is 0 Å². The molecule has 0 aromatic heterocycles. The number of aliphatic hydroxyl groups is 1. The molecule has 268 valence electrons. The number of methoxy groups -OCH3 is 2. The smallest absolute Gasteiger partial charge is 0.416 e. The summed E-state index contributed by atoms with van der Waals surface area (Å²) in [6.45, 7) is 4.90. The van der Waals surface area contributed by atoms with Gasteiger partial charge in [-0.1, -0.05) is 30.4 Å². The molecule has 1 N–H and O–H groups in total. The number of hydrogen-bond acceptors (Lipinski definition) is 10. The van der Waals surface area contributed by atoms with Gasteiger partial charge in [-0.2, -0.15) is 13.2 Å². The first-order valence-electron chi connectivity index (χ1n) is 15.9. The number of benzene rings is 1. The second-order valence-corrected chi connectivity index (χ2v) is 11.4. The molecule has 0 saturated heterocycles. The van der Waals surface area contributed by atoms with Gasteiger partial charge in [-0.15, -0.1) is 0 Å². The zero-order valence-electron chi connectivity index (χ0n) is 27.8. The molecule has 2 rings (SSSR count). The van der Waals surface area contributed by atoms with Crippen molar-refractivity contribution >= 4 is 5.97 Å². The normalized spacial score (nSPS) is 20.9. The highest BCUT2D eigenvalue weighted by atomic mass is 19.4. The monoisotopic (exact) mass is 676 g/mol. The molecule has 0 spiro atoms. The van der Waals surface area contributed by atoms with Crippen LogP contribution in [0.3, 0.4) is 0 Å².